The van der Waals surface area contributed by atoms with Crippen LogP contribution in [0.25, 0.3) is 0 Å². The molecule has 1 unspecified atom stereocenters. The molecule has 0 fully saturated rings. The van der Waals surface area contributed by atoms with Gasteiger partial charge in [0.1, 0.15) is 0 Å². The van der Waals surface area contributed by atoms with E-state index in [0.29, 0.717) is 0 Å². The molecule has 1 aromatic rings. The van der Waals surface area contributed by atoms with Gasteiger partial charge in [-0.1, -0.05) is 49.4 Å². The highest BCUT2D eigenvalue weighted by molar-refractivity contribution is 6.90. The van der Waals surface area contributed by atoms with Crippen molar-refractivity contribution in [3.63, 3.8) is 0 Å². The summed E-state index contributed by atoms with van der Waals surface area (Å²) in [6.07, 6.45) is 1.14. The van der Waals surface area contributed by atoms with Gasteiger partial charge in [0.05, 0.1) is 0 Å². The SMILES string of the molecule is C=C[Si](CCC)(OC)c1ccccc1. The molecule has 0 aliphatic heterocycles. The van der Waals surface area contributed by atoms with Crippen molar-refractivity contribution in [3.8, 4) is 0 Å². The van der Waals surface area contributed by atoms with Gasteiger partial charge in [-0.05, 0) is 11.2 Å². The van der Waals surface area contributed by atoms with Crippen LogP contribution in [0.5, 0.6) is 0 Å². The fourth-order valence-corrected chi connectivity index (χ4v) is 4.59. The van der Waals surface area contributed by atoms with Gasteiger partial charge in [-0.25, -0.2) is 0 Å². The van der Waals surface area contributed by atoms with E-state index in [4.69, 9.17) is 4.43 Å². The molecular weight excluding hydrogens is 188 g/mol. The van der Waals surface area contributed by atoms with Crippen LogP contribution in [-0.2, 0) is 4.43 Å². The zero-order valence-corrected chi connectivity index (χ0v) is 9.99. The number of benzene rings is 1. The number of rotatable bonds is 5. The fourth-order valence-electron chi connectivity index (χ4n) is 1.76. The molecule has 0 amide bonds. The molecule has 1 aromatic carbocycles. The standard InChI is InChI=1S/C12H18OSi/c1-4-11-14(5-2,13-3)12-9-7-6-8-10-12/h5-10H,2,4,11H2,1,3H3. The Kier molecular flexibility index (Phi) is 4.11. The van der Waals surface area contributed by atoms with Gasteiger partial charge in [-0.2, -0.15) is 0 Å². The molecule has 0 saturated carbocycles. The number of hydrogen-bond donors (Lipinski definition) is 0. The maximum absolute atomic E-state index is 5.73. The first-order valence-corrected chi connectivity index (χ1v) is 7.22. The van der Waals surface area contributed by atoms with E-state index in [2.05, 4.69) is 37.8 Å². The van der Waals surface area contributed by atoms with Gasteiger partial charge in [-0.3, -0.25) is 0 Å². The topological polar surface area (TPSA) is 9.23 Å². The predicted molar refractivity (Wildman–Crippen MR) is 64.1 cm³/mol. The summed E-state index contributed by atoms with van der Waals surface area (Å²) >= 11 is 0. The minimum absolute atomic E-state index is 1.11. The molecule has 0 aliphatic rings. The largest absolute Gasteiger partial charge is 0.412 e. The average Bonchev–Trinajstić information content (AvgIpc) is 2.27. The maximum Gasteiger partial charge on any atom is 0.247 e. The van der Waals surface area contributed by atoms with Gasteiger partial charge in [0.25, 0.3) is 0 Å². The molecule has 2 heteroatoms. The van der Waals surface area contributed by atoms with Gasteiger partial charge in [0, 0.05) is 7.11 Å². The van der Waals surface area contributed by atoms with Crippen molar-refractivity contribution in [2.24, 2.45) is 0 Å². The van der Waals surface area contributed by atoms with Crippen molar-refractivity contribution in [3.05, 3.63) is 42.6 Å². The lowest BCUT2D eigenvalue weighted by atomic mass is 10.4. The third-order valence-electron chi connectivity index (χ3n) is 2.58. The molecule has 0 heterocycles. The summed E-state index contributed by atoms with van der Waals surface area (Å²) in [7, 11) is -0.0535. The van der Waals surface area contributed by atoms with Gasteiger partial charge < -0.3 is 4.43 Å². The molecule has 1 atom stereocenters. The Morgan fingerprint density at radius 3 is 2.43 bits per heavy atom. The number of hydrogen-bond acceptors (Lipinski definition) is 1. The molecule has 0 N–H and O–H groups in total. The van der Waals surface area contributed by atoms with E-state index >= 15 is 0 Å². The first-order chi connectivity index (χ1) is 6.79. The molecule has 76 valence electrons. The van der Waals surface area contributed by atoms with Crippen LogP contribution in [0, 0.1) is 0 Å². The highest BCUT2D eigenvalue weighted by Gasteiger charge is 2.31. The van der Waals surface area contributed by atoms with Gasteiger partial charge in [0.15, 0.2) is 0 Å². The summed E-state index contributed by atoms with van der Waals surface area (Å²) < 4.78 is 5.73. The molecule has 0 aliphatic carbocycles. The fraction of sp³-hybridized carbons (Fsp3) is 0.333. The Balaban J connectivity index is 3.04. The molecule has 0 aromatic heterocycles. The lowest BCUT2D eigenvalue weighted by Gasteiger charge is -2.26. The lowest BCUT2D eigenvalue weighted by molar-refractivity contribution is 0.413. The first-order valence-electron chi connectivity index (χ1n) is 5.03. The summed E-state index contributed by atoms with van der Waals surface area (Å²) in [6.45, 7) is 6.12. The highest BCUT2D eigenvalue weighted by atomic mass is 28.4. The maximum atomic E-state index is 5.73. The van der Waals surface area contributed by atoms with Crippen LogP contribution in [0.4, 0.5) is 0 Å². The van der Waals surface area contributed by atoms with Crippen LogP contribution in [0.15, 0.2) is 42.6 Å². The van der Waals surface area contributed by atoms with Gasteiger partial charge in [0.2, 0.25) is 8.32 Å². The molecule has 0 bridgehead atoms. The molecule has 1 nitrogen and oxygen atoms in total. The summed E-state index contributed by atoms with van der Waals surface area (Å²) in [5, 5.41) is 1.32. The van der Waals surface area contributed by atoms with Crippen LogP contribution in [0.1, 0.15) is 13.3 Å². The third-order valence-corrected chi connectivity index (χ3v) is 6.52. The monoisotopic (exact) mass is 206 g/mol. The van der Waals surface area contributed by atoms with E-state index < -0.39 is 8.32 Å². The van der Waals surface area contributed by atoms with Crippen LogP contribution in [-0.4, -0.2) is 15.4 Å². The second-order valence-electron chi connectivity index (χ2n) is 3.41. The van der Waals surface area contributed by atoms with Crippen molar-refractivity contribution in [2.45, 2.75) is 19.4 Å². The summed E-state index contributed by atoms with van der Waals surface area (Å²) in [4.78, 5) is 0. The van der Waals surface area contributed by atoms with Crippen molar-refractivity contribution in [1.29, 1.82) is 0 Å². The molecule has 0 saturated heterocycles. The molecule has 1 rings (SSSR count). The quantitative estimate of drug-likeness (QED) is 0.673. The average molecular weight is 206 g/mol. The molecular formula is C12H18OSi. The van der Waals surface area contributed by atoms with Crippen molar-refractivity contribution < 1.29 is 4.43 Å². The molecule has 0 spiro atoms. The van der Waals surface area contributed by atoms with Crippen molar-refractivity contribution in [2.75, 3.05) is 7.11 Å². The van der Waals surface area contributed by atoms with Crippen LogP contribution >= 0.6 is 0 Å². The van der Waals surface area contributed by atoms with Crippen molar-refractivity contribution in [1.82, 2.24) is 0 Å². The van der Waals surface area contributed by atoms with Crippen LogP contribution < -0.4 is 5.19 Å². The Labute approximate surface area is 87.5 Å². The van der Waals surface area contributed by atoms with E-state index in [1.54, 1.807) is 7.11 Å². The second-order valence-corrected chi connectivity index (χ2v) is 7.09. The van der Waals surface area contributed by atoms with E-state index in [-0.39, 0.29) is 0 Å². The normalized spacial score (nSPS) is 14.7. The Bertz CT molecular complexity index is 284. The smallest absolute Gasteiger partial charge is 0.247 e. The van der Waals surface area contributed by atoms with Crippen LogP contribution in [0.2, 0.25) is 6.04 Å². The third kappa shape index (κ3) is 2.14. The van der Waals surface area contributed by atoms with E-state index in [1.165, 1.54) is 5.19 Å². The second kappa shape index (κ2) is 5.13. The lowest BCUT2D eigenvalue weighted by Crippen LogP contribution is -2.48. The van der Waals surface area contributed by atoms with E-state index in [0.717, 1.165) is 12.5 Å². The van der Waals surface area contributed by atoms with Gasteiger partial charge in [-0.15, -0.1) is 6.58 Å². The Hall–Kier alpha value is -0.863. The van der Waals surface area contributed by atoms with E-state index in [9.17, 15) is 0 Å². The molecule has 0 radical (unpaired) electrons. The Morgan fingerprint density at radius 1 is 1.36 bits per heavy atom. The summed E-state index contributed by atoms with van der Waals surface area (Å²) in [6, 6.07) is 11.6. The summed E-state index contributed by atoms with van der Waals surface area (Å²) in [5.74, 6) is 0. The minimum atomic E-state index is -1.86. The Morgan fingerprint density at radius 2 is 2.00 bits per heavy atom. The van der Waals surface area contributed by atoms with Crippen LogP contribution in [0.3, 0.4) is 0 Å². The zero-order chi connectivity index (χ0) is 10.4. The predicted octanol–water partition coefficient (Wildman–Crippen LogP) is 2.62. The molecule has 14 heavy (non-hydrogen) atoms. The zero-order valence-electron chi connectivity index (χ0n) is 8.99. The first kappa shape index (κ1) is 11.2. The van der Waals surface area contributed by atoms with Crippen molar-refractivity contribution >= 4 is 13.5 Å². The highest BCUT2D eigenvalue weighted by Crippen LogP contribution is 2.14. The van der Waals surface area contributed by atoms with E-state index in [1.807, 2.05) is 11.8 Å². The summed E-state index contributed by atoms with van der Waals surface area (Å²) in [5.41, 5.74) is 2.03. The van der Waals surface area contributed by atoms with Gasteiger partial charge >= 0.3 is 0 Å². The minimum Gasteiger partial charge on any atom is -0.412 e.